The third kappa shape index (κ3) is 1.81. The largest absolute Gasteiger partial charge is 0.455 e. The smallest absolute Gasteiger partial charge is 0.335 e. The van der Waals surface area contributed by atoms with E-state index in [0.29, 0.717) is 6.42 Å². The molecular weight excluding hydrogens is 248 g/mol. The fourth-order valence-electron chi connectivity index (χ4n) is 1.48. The van der Waals surface area contributed by atoms with E-state index in [1.165, 1.54) is 0 Å². The maximum absolute atomic E-state index is 11.0. The number of aliphatic hydroxyl groups excluding tert-OH is 1. The van der Waals surface area contributed by atoms with E-state index in [4.69, 9.17) is 4.74 Å². The summed E-state index contributed by atoms with van der Waals surface area (Å²) in [6.45, 7) is 0. The van der Waals surface area contributed by atoms with Gasteiger partial charge in [-0.05, 0) is 17.7 Å². The quantitative estimate of drug-likeness (QED) is 0.780. The average molecular weight is 257 g/mol. The van der Waals surface area contributed by atoms with Crippen molar-refractivity contribution in [3.63, 3.8) is 0 Å². The van der Waals surface area contributed by atoms with E-state index in [1.54, 1.807) is 0 Å². The summed E-state index contributed by atoms with van der Waals surface area (Å²) in [5.74, 6) is -0.532. The van der Waals surface area contributed by atoms with Crippen molar-refractivity contribution in [2.75, 3.05) is 0 Å². The molecule has 0 saturated carbocycles. The average Bonchev–Trinajstić information content (AvgIpc) is 2.47. The van der Waals surface area contributed by atoms with Crippen LogP contribution in [-0.2, 0) is 9.53 Å². The Labute approximate surface area is 89.8 Å². The molecule has 1 aliphatic heterocycles. The highest BCUT2D eigenvalue weighted by atomic mass is 79.9. The molecule has 0 aromatic heterocycles. The van der Waals surface area contributed by atoms with E-state index >= 15 is 0 Å². The summed E-state index contributed by atoms with van der Waals surface area (Å²) in [7, 11) is 0. The van der Waals surface area contributed by atoms with Gasteiger partial charge in [0, 0.05) is 10.9 Å². The molecule has 0 amide bonds. The summed E-state index contributed by atoms with van der Waals surface area (Å²) in [5, 5.41) is 9.21. The molecule has 0 spiro atoms. The van der Waals surface area contributed by atoms with Crippen LogP contribution in [0.25, 0.3) is 0 Å². The van der Waals surface area contributed by atoms with Crippen LogP contribution in [0.5, 0.6) is 0 Å². The zero-order valence-electron chi connectivity index (χ0n) is 7.31. The molecule has 1 aliphatic rings. The van der Waals surface area contributed by atoms with E-state index in [2.05, 4.69) is 15.9 Å². The summed E-state index contributed by atoms with van der Waals surface area (Å²) in [5.41, 5.74) is 0.907. The Balaban J connectivity index is 2.21. The Morgan fingerprint density at radius 3 is 2.86 bits per heavy atom. The number of cyclic esters (lactones) is 1. The van der Waals surface area contributed by atoms with Crippen LogP contribution in [0, 0.1) is 0 Å². The molecular formula is C10H9BrO3. The minimum absolute atomic E-state index is 0.310. The van der Waals surface area contributed by atoms with Gasteiger partial charge in [0.25, 0.3) is 0 Å². The molecule has 1 aromatic carbocycles. The summed E-state index contributed by atoms with van der Waals surface area (Å²) in [6, 6.07) is 7.53. The van der Waals surface area contributed by atoms with Crippen LogP contribution in [0.4, 0.5) is 0 Å². The number of carbonyl (C=O) groups excluding carboxylic acids is 1. The second-order valence-corrected chi connectivity index (χ2v) is 4.15. The molecule has 2 rings (SSSR count). The lowest BCUT2D eigenvalue weighted by molar-refractivity contribution is -0.147. The molecule has 0 aliphatic carbocycles. The Bertz CT molecular complexity index is 364. The van der Waals surface area contributed by atoms with Crippen LogP contribution >= 0.6 is 15.9 Å². The zero-order chi connectivity index (χ0) is 10.1. The molecule has 1 heterocycles. The van der Waals surface area contributed by atoms with Crippen LogP contribution in [-0.4, -0.2) is 17.2 Å². The van der Waals surface area contributed by atoms with Crippen molar-refractivity contribution in [1.82, 2.24) is 0 Å². The molecule has 0 radical (unpaired) electrons. The number of hydrogen-bond donors (Lipinski definition) is 1. The summed E-state index contributed by atoms with van der Waals surface area (Å²) < 4.78 is 5.94. The van der Waals surface area contributed by atoms with E-state index in [9.17, 15) is 9.90 Å². The third-order valence-corrected chi connectivity index (χ3v) is 2.68. The number of benzene rings is 1. The van der Waals surface area contributed by atoms with Gasteiger partial charge in [-0.1, -0.05) is 28.1 Å². The van der Waals surface area contributed by atoms with Crippen LogP contribution < -0.4 is 0 Å². The summed E-state index contributed by atoms with van der Waals surface area (Å²) in [6.07, 6.45) is -0.941. The normalized spacial score (nSPS) is 26.3. The van der Waals surface area contributed by atoms with Crippen molar-refractivity contribution in [3.8, 4) is 0 Å². The monoisotopic (exact) mass is 256 g/mol. The standard InChI is InChI=1S/C10H9BrO3/c11-7-3-1-2-6(4-7)9-5-8(12)10(13)14-9/h1-4,8-9,12H,5H2/t8-,9+/m0/s1. The summed E-state index contributed by atoms with van der Waals surface area (Å²) >= 11 is 3.34. The SMILES string of the molecule is O=C1O[C@@H](c2cccc(Br)c2)C[C@@H]1O. The highest BCUT2D eigenvalue weighted by Gasteiger charge is 2.33. The number of halogens is 1. The first kappa shape index (κ1) is 9.68. The Hall–Kier alpha value is -0.870. The molecule has 1 saturated heterocycles. The lowest BCUT2D eigenvalue weighted by Gasteiger charge is -2.08. The minimum atomic E-state index is -0.973. The Morgan fingerprint density at radius 1 is 1.50 bits per heavy atom. The predicted octanol–water partition coefficient (Wildman–Crippen LogP) is 1.80. The van der Waals surface area contributed by atoms with Crippen LogP contribution in [0.3, 0.4) is 0 Å². The highest BCUT2D eigenvalue weighted by molar-refractivity contribution is 9.10. The lowest BCUT2D eigenvalue weighted by Crippen LogP contribution is -2.11. The molecule has 3 nitrogen and oxygen atoms in total. The second kappa shape index (κ2) is 3.71. The highest BCUT2D eigenvalue weighted by Crippen LogP contribution is 2.30. The number of esters is 1. The number of ether oxygens (including phenoxy) is 1. The predicted molar refractivity (Wildman–Crippen MR) is 53.6 cm³/mol. The first-order valence-electron chi connectivity index (χ1n) is 4.31. The van der Waals surface area contributed by atoms with Crippen LogP contribution in [0.15, 0.2) is 28.7 Å². The minimum Gasteiger partial charge on any atom is -0.455 e. The van der Waals surface area contributed by atoms with Gasteiger partial charge in [0.05, 0.1) is 0 Å². The molecule has 1 fully saturated rings. The van der Waals surface area contributed by atoms with Gasteiger partial charge in [-0.25, -0.2) is 4.79 Å². The maximum atomic E-state index is 11.0. The topological polar surface area (TPSA) is 46.5 Å². The molecule has 0 unspecified atom stereocenters. The first-order chi connectivity index (χ1) is 6.66. The molecule has 1 N–H and O–H groups in total. The molecule has 1 aromatic rings. The second-order valence-electron chi connectivity index (χ2n) is 3.23. The van der Waals surface area contributed by atoms with Crippen LogP contribution in [0.2, 0.25) is 0 Å². The van der Waals surface area contributed by atoms with E-state index < -0.39 is 12.1 Å². The number of hydrogen-bond acceptors (Lipinski definition) is 3. The maximum Gasteiger partial charge on any atom is 0.335 e. The van der Waals surface area contributed by atoms with Gasteiger partial charge in [-0.2, -0.15) is 0 Å². The number of carbonyl (C=O) groups is 1. The molecule has 0 bridgehead atoms. The van der Waals surface area contributed by atoms with Gasteiger partial charge in [0.15, 0.2) is 6.10 Å². The van der Waals surface area contributed by atoms with E-state index in [-0.39, 0.29) is 6.10 Å². The van der Waals surface area contributed by atoms with Crippen molar-refractivity contribution in [2.24, 2.45) is 0 Å². The van der Waals surface area contributed by atoms with Crippen molar-refractivity contribution in [2.45, 2.75) is 18.6 Å². The zero-order valence-corrected chi connectivity index (χ0v) is 8.90. The van der Waals surface area contributed by atoms with Gasteiger partial charge in [-0.15, -0.1) is 0 Å². The third-order valence-electron chi connectivity index (χ3n) is 2.19. The Morgan fingerprint density at radius 2 is 2.29 bits per heavy atom. The van der Waals surface area contributed by atoms with Crippen molar-refractivity contribution < 1.29 is 14.6 Å². The van der Waals surface area contributed by atoms with Gasteiger partial charge in [0.1, 0.15) is 6.10 Å². The van der Waals surface area contributed by atoms with Gasteiger partial charge in [0.2, 0.25) is 0 Å². The van der Waals surface area contributed by atoms with Crippen molar-refractivity contribution in [1.29, 1.82) is 0 Å². The van der Waals surface area contributed by atoms with Crippen LogP contribution in [0.1, 0.15) is 18.1 Å². The fourth-order valence-corrected chi connectivity index (χ4v) is 1.89. The van der Waals surface area contributed by atoms with Crippen molar-refractivity contribution >= 4 is 21.9 Å². The summed E-state index contributed by atoms with van der Waals surface area (Å²) in [4.78, 5) is 11.0. The number of aliphatic hydroxyl groups is 1. The molecule has 74 valence electrons. The lowest BCUT2D eigenvalue weighted by atomic mass is 10.1. The van der Waals surface area contributed by atoms with Crippen molar-refractivity contribution in [3.05, 3.63) is 34.3 Å². The Kier molecular flexibility index (Phi) is 2.56. The molecule has 14 heavy (non-hydrogen) atoms. The molecule has 4 heteroatoms. The van der Waals surface area contributed by atoms with Gasteiger partial charge >= 0.3 is 5.97 Å². The first-order valence-corrected chi connectivity index (χ1v) is 5.10. The van der Waals surface area contributed by atoms with E-state index in [1.807, 2.05) is 24.3 Å². The fraction of sp³-hybridized carbons (Fsp3) is 0.300. The number of rotatable bonds is 1. The van der Waals surface area contributed by atoms with Gasteiger partial charge < -0.3 is 9.84 Å². The van der Waals surface area contributed by atoms with Gasteiger partial charge in [-0.3, -0.25) is 0 Å². The van der Waals surface area contributed by atoms with E-state index in [0.717, 1.165) is 10.0 Å². The molecule has 2 atom stereocenters.